The minimum atomic E-state index is -0.205. The fourth-order valence-electron chi connectivity index (χ4n) is 3.80. The molecule has 1 aromatic carbocycles. The molecule has 0 aliphatic carbocycles. The average molecular weight is 434 g/mol. The van der Waals surface area contributed by atoms with Crippen molar-refractivity contribution in [3.8, 4) is 11.3 Å². The number of nitrogens with zero attached hydrogens (tertiary/aromatic N) is 3. The zero-order chi connectivity index (χ0) is 22.5. The van der Waals surface area contributed by atoms with Gasteiger partial charge in [0, 0.05) is 36.3 Å². The van der Waals surface area contributed by atoms with Crippen LogP contribution in [0, 0.1) is 0 Å². The van der Waals surface area contributed by atoms with Crippen LogP contribution in [0.15, 0.2) is 58.3 Å². The van der Waals surface area contributed by atoms with Crippen LogP contribution in [-0.4, -0.2) is 25.3 Å². The number of unbranched alkanes of at least 4 members (excludes halogenated alkanes) is 2. The second-order valence-corrected chi connectivity index (χ2v) is 7.85. The normalized spacial score (nSPS) is 12.3. The molecule has 1 unspecified atom stereocenters. The third-order valence-corrected chi connectivity index (χ3v) is 5.65. The van der Waals surface area contributed by atoms with Crippen molar-refractivity contribution in [2.45, 2.75) is 51.6 Å². The summed E-state index contributed by atoms with van der Waals surface area (Å²) in [4.78, 5) is 36.0. The average Bonchev–Trinajstić information content (AvgIpc) is 3.51. The summed E-state index contributed by atoms with van der Waals surface area (Å²) in [6.07, 6.45) is 10.3. The van der Waals surface area contributed by atoms with Gasteiger partial charge in [0.25, 0.3) is 11.4 Å². The Labute approximate surface area is 185 Å². The maximum atomic E-state index is 12.4. The maximum absolute atomic E-state index is 12.4. The maximum Gasteiger partial charge on any atom is 0.263 e. The lowest BCUT2D eigenvalue weighted by molar-refractivity contribution is 0.0945. The Hall–Kier alpha value is -3.52. The molecular weight excluding hydrogens is 406 g/mol. The van der Waals surface area contributed by atoms with Crippen molar-refractivity contribution in [1.82, 2.24) is 19.5 Å². The third-order valence-electron chi connectivity index (χ3n) is 5.65. The van der Waals surface area contributed by atoms with Crippen molar-refractivity contribution >= 4 is 16.6 Å². The van der Waals surface area contributed by atoms with Crippen LogP contribution in [0.3, 0.4) is 0 Å². The predicted octanol–water partition coefficient (Wildman–Crippen LogP) is 4.23. The highest BCUT2D eigenvalue weighted by Gasteiger charge is 2.13. The molecule has 4 rings (SSSR count). The number of nitrogens with one attached hydrogen (secondary N) is 1. The molecule has 0 aliphatic rings. The fraction of sp³-hybridized carbons (Fsp3) is 0.333. The minimum absolute atomic E-state index is 0.0170. The van der Waals surface area contributed by atoms with Crippen molar-refractivity contribution in [2.75, 3.05) is 0 Å². The molecule has 0 fully saturated rings. The van der Waals surface area contributed by atoms with E-state index < -0.39 is 0 Å². The van der Waals surface area contributed by atoms with Gasteiger partial charge < -0.3 is 19.7 Å². The molecule has 166 valence electrons. The Bertz CT molecular complexity index is 1260. The highest BCUT2D eigenvalue weighted by molar-refractivity contribution is 5.91. The Balaban J connectivity index is 1.33. The monoisotopic (exact) mass is 433 g/mol. The highest BCUT2D eigenvalue weighted by Crippen LogP contribution is 2.24. The fourth-order valence-corrected chi connectivity index (χ4v) is 3.80. The van der Waals surface area contributed by atoms with E-state index in [9.17, 15) is 9.59 Å². The van der Waals surface area contributed by atoms with Crippen LogP contribution >= 0.6 is 0 Å². The number of carbonyl (C=O) groups excluding carboxylic acids is 1. The number of ketones is 1. The van der Waals surface area contributed by atoms with Crippen molar-refractivity contribution in [3.63, 3.8) is 0 Å². The van der Waals surface area contributed by atoms with Gasteiger partial charge >= 0.3 is 0 Å². The zero-order valence-electron chi connectivity index (χ0n) is 18.1. The number of rotatable bonds is 10. The van der Waals surface area contributed by atoms with Crippen molar-refractivity contribution in [1.29, 1.82) is 0 Å². The van der Waals surface area contributed by atoms with E-state index in [4.69, 9.17) is 10.2 Å². The molecule has 8 heteroatoms. The summed E-state index contributed by atoms with van der Waals surface area (Å²) in [5.41, 5.74) is 8.07. The number of oxazole rings is 1. The first-order valence-corrected chi connectivity index (χ1v) is 10.9. The molecule has 32 heavy (non-hydrogen) atoms. The Kier molecular flexibility index (Phi) is 6.61. The Morgan fingerprint density at radius 3 is 2.91 bits per heavy atom. The van der Waals surface area contributed by atoms with E-state index in [-0.39, 0.29) is 23.3 Å². The van der Waals surface area contributed by atoms with Gasteiger partial charge in [-0.05, 0) is 43.4 Å². The molecule has 3 aromatic heterocycles. The SMILES string of the molecule is CCn1ccc2cc(-c3c[nH]c(C(N)CCCCCC(=O)c4ncco4)n3)ccc2c1=O. The van der Waals surface area contributed by atoms with Gasteiger partial charge in [0.05, 0.1) is 17.9 Å². The number of hydrogen-bond acceptors (Lipinski definition) is 6. The molecule has 4 aromatic rings. The number of aromatic amines is 1. The summed E-state index contributed by atoms with van der Waals surface area (Å²) >= 11 is 0. The third kappa shape index (κ3) is 4.70. The first-order chi connectivity index (χ1) is 15.6. The number of imidazole rings is 1. The molecule has 0 saturated heterocycles. The predicted molar refractivity (Wildman–Crippen MR) is 122 cm³/mol. The van der Waals surface area contributed by atoms with Crippen molar-refractivity contribution < 1.29 is 9.21 Å². The van der Waals surface area contributed by atoms with Gasteiger partial charge in [0.15, 0.2) is 0 Å². The summed E-state index contributed by atoms with van der Waals surface area (Å²) in [5.74, 6) is 0.839. The van der Waals surface area contributed by atoms with Gasteiger partial charge in [-0.1, -0.05) is 18.9 Å². The van der Waals surface area contributed by atoms with E-state index in [1.165, 1.54) is 12.5 Å². The van der Waals surface area contributed by atoms with Gasteiger partial charge in [-0.3, -0.25) is 9.59 Å². The molecule has 8 nitrogen and oxygen atoms in total. The lowest BCUT2D eigenvalue weighted by Crippen LogP contribution is -2.18. The van der Waals surface area contributed by atoms with Gasteiger partial charge in [-0.25, -0.2) is 9.97 Å². The van der Waals surface area contributed by atoms with Crippen LogP contribution in [0.25, 0.3) is 22.0 Å². The van der Waals surface area contributed by atoms with Crippen molar-refractivity contribution in [3.05, 3.63) is 71.2 Å². The second kappa shape index (κ2) is 9.74. The van der Waals surface area contributed by atoms with E-state index in [0.29, 0.717) is 18.4 Å². The first-order valence-electron chi connectivity index (χ1n) is 10.9. The number of hydrogen-bond donors (Lipinski definition) is 2. The molecule has 3 heterocycles. The molecule has 0 amide bonds. The molecule has 0 radical (unpaired) electrons. The summed E-state index contributed by atoms with van der Waals surface area (Å²) in [7, 11) is 0. The summed E-state index contributed by atoms with van der Waals surface area (Å²) in [6, 6.07) is 7.50. The van der Waals surface area contributed by atoms with Gasteiger partial charge in [-0.2, -0.15) is 0 Å². The number of pyridine rings is 1. The number of aromatic nitrogens is 4. The molecule has 1 atom stereocenters. The zero-order valence-corrected chi connectivity index (χ0v) is 18.1. The van der Waals surface area contributed by atoms with E-state index >= 15 is 0 Å². The van der Waals surface area contributed by atoms with Gasteiger partial charge in [0.1, 0.15) is 12.1 Å². The number of nitrogens with two attached hydrogens (primary N) is 1. The van der Waals surface area contributed by atoms with E-state index in [2.05, 4.69) is 15.0 Å². The highest BCUT2D eigenvalue weighted by atomic mass is 16.3. The molecule has 0 spiro atoms. The molecule has 0 saturated carbocycles. The number of fused-ring (bicyclic) bond motifs is 1. The first kappa shape index (κ1) is 21.7. The Morgan fingerprint density at radius 2 is 2.12 bits per heavy atom. The molecular formula is C24H27N5O3. The Morgan fingerprint density at radius 1 is 1.25 bits per heavy atom. The van der Waals surface area contributed by atoms with E-state index in [1.54, 1.807) is 4.57 Å². The van der Waals surface area contributed by atoms with Crippen LogP contribution < -0.4 is 11.3 Å². The summed E-state index contributed by atoms with van der Waals surface area (Å²) in [5, 5.41) is 1.59. The topological polar surface area (TPSA) is 120 Å². The quantitative estimate of drug-likeness (QED) is 0.285. The van der Waals surface area contributed by atoms with Crippen LogP contribution in [0.1, 0.15) is 61.6 Å². The smallest absolute Gasteiger partial charge is 0.263 e. The summed E-state index contributed by atoms with van der Waals surface area (Å²) < 4.78 is 6.71. The number of H-pyrrole nitrogens is 1. The lowest BCUT2D eigenvalue weighted by atomic mass is 10.1. The summed E-state index contributed by atoms with van der Waals surface area (Å²) in [6.45, 7) is 2.60. The molecule has 0 aliphatic heterocycles. The van der Waals surface area contributed by atoms with E-state index in [0.717, 1.165) is 48.2 Å². The van der Waals surface area contributed by atoms with Crippen LogP contribution in [0.5, 0.6) is 0 Å². The van der Waals surface area contributed by atoms with Gasteiger partial charge in [-0.15, -0.1) is 0 Å². The van der Waals surface area contributed by atoms with Crippen LogP contribution in [0.4, 0.5) is 0 Å². The largest absolute Gasteiger partial charge is 0.442 e. The number of Topliss-reactive ketones (excluding diaryl/α,β-unsaturated/α-hetero) is 1. The number of benzene rings is 1. The van der Waals surface area contributed by atoms with Crippen LogP contribution in [-0.2, 0) is 6.54 Å². The second-order valence-electron chi connectivity index (χ2n) is 7.85. The van der Waals surface area contributed by atoms with Crippen LogP contribution in [0.2, 0.25) is 0 Å². The van der Waals surface area contributed by atoms with E-state index in [1.807, 2.05) is 43.6 Å². The number of carbonyl (C=O) groups is 1. The minimum Gasteiger partial charge on any atom is -0.442 e. The van der Waals surface area contributed by atoms with Crippen molar-refractivity contribution in [2.24, 2.45) is 5.73 Å². The number of aryl methyl sites for hydroxylation is 1. The standard InChI is InChI=1S/C24H27N5O3/c1-2-29-12-10-16-14-17(8-9-18(16)24(29)31)20-15-27-22(28-20)19(25)6-4-3-5-7-21(30)23-26-11-13-32-23/h8-15,19H,2-7,25H2,1H3,(H,27,28). The van der Waals surface area contributed by atoms with Gasteiger partial charge in [0.2, 0.25) is 5.78 Å². The molecule has 0 bridgehead atoms. The molecule has 3 N–H and O–H groups in total. The lowest BCUT2D eigenvalue weighted by Gasteiger charge is -2.08.